The number of aliphatic hydroxyl groups excluding tert-OH is 1. The third-order valence-electron chi connectivity index (χ3n) is 2.84. The molecule has 0 unspecified atom stereocenters. The van der Waals surface area contributed by atoms with E-state index < -0.39 is 0 Å². The van der Waals surface area contributed by atoms with Crippen molar-refractivity contribution < 1.29 is 27.0 Å². The van der Waals surface area contributed by atoms with Crippen LogP contribution in [0.15, 0.2) is 66.0 Å². The standard InChI is InChI=1S/C12H18N2O2.C5H5.Fe/c13-8-3-9-14-12(16)7-6-11(15)10-4-1-2-5-10;1-2-4-5-3-1;/h1-2,4-5,15H,3,6-9,13H2,(H,14,16);1-5H;/q;-1;. The molecule has 122 valence electrons. The minimum absolute atomic E-state index is 0. The number of nitrogens with one attached hydrogen (secondary N) is 1. The van der Waals surface area contributed by atoms with Crippen LogP contribution in [0.3, 0.4) is 0 Å². The van der Waals surface area contributed by atoms with Crippen molar-refractivity contribution in [2.75, 3.05) is 13.1 Å². The van der Waals surface area contributed by atoms with Gasteiger partial charge in [0, 0.05) is 42.0 Å². The van der Waals surface area contributed by atoms with E-state index in [4.69, 9.17) is 5.73 Å². The molecular weight excluding hydrogens is 320 g/mol. The van der Waals surface area contributed by atoms with Crippen molar-refractivity contribution in [2.45, 2.75) is 19.3 Å². The molecule has 4 nitrogen and oxygen atoms in total. The number of carbonyl (C=O) groups is 1. The van der Waals surface area contributed by atoms with Gasteiger partial charge in [-0.3, -0.25) is 4.79 Å². The zero-order valence-electron chi connectivity index (χ0n) is 12.5. The van der Waals surface area contributed by atoms with Crippen LogP contribution in [0.25, 0.3) is 0 Å². The van der Waals surface area contributed by atoms with Gasteiger partial charge in [0.15, 0.2) is 0 Å². The van der Waals surface area contributed by atoms with Crippen LogP contribution >= 0.6 is 0 Å². The molecule has 2 rings (SSSR count). The Bertz CT molecular complexity index is 460. The summed E-state index contributed by atoms with van der Waals surface area (Å²) in [4.78, 5) is 11.3. The van der Waals surface area contributed by atoms with Gasteiger partial charge in [0.1, 0.15) is 0 Å². The van der Waals surface area contributed by atoms with Gasteiger partial charge in [-0.2, -0.15) is 18.2 Å². The summed E-state index contributed by atoms with van der Waals surface area (Å²) in [6, 6.07) is 10.0. The molecule has 1 aliphatic rings. The fraction of sp³-hybridized carbons (Fsp3) is 0.294. The Hall–Kier alpha value is -1.68. The second-order valence-corrected chi connectivity index (χ2v) is 4.57. The molecule has 0 spiro atoms. The van der Waals surface area contributed by atoms with Crippen LogP contribution < -0.4 is 11.1 Å². The third kappa shape index (κ3) is 9.29. The van der Waals surface area contributed by atoms with Crippen LogP contribution in [0.1, 0.15) is 19.3 Å². The van der Waals surface area contributed by atoms with Crippen LogP contribution in [-0.4, -0.2) is 24.1 Å². The summed E-state index contributed by atoms with van der Waals surface area (Å²) in [6.07, 6.45) is 8.81. The summed E-state index contributed by atoms with van der Waals surface area (Å²) >= 11 is 0. The summed E-state index contributed by atoms with van der Waals surface area (Å²) in [7, 11) is 0. The first kappa shape index (κ1) is 20.3. The molecule has 0 radical (unpaired) electrons. The Morgan fingerprint density at radius 2 is 1.82 bits per heavy atom. The van der Waals surface area contributed by atoms with E-state index in [2.05, 4.69) is 5.32 Å². The quantitative estimate of drug-likeness (QED) is 0.322. The number of carbonyl (C=O) groups excluding carboxylic acids is 1. The van der Waals surface area contributed by atoms with Crippen molar-refractivity contribution in [3.05, 3.63) is 66.0 Å². The Balaban J connectivity index is 0.000000622. The number of hydrogen-bond acceptors (Lipinski definition) is 3. The molecule has 0 aliphatic heterocycles. The van der Waals surface area contributed by atoms with E-state index in [0.29, 0.717) is 25.9 Å². The summed E-state index contributed by atoms with van der Waals surface area (Å²) in [5, 5.41) is 12.4. The topological polar surface area (TPSA) is 75.3 Å². The molecule has 1 aliphatic carbocycles. The Morgan fingerprint density at radius 1 is 1.18 bits per heavy atom. The first-order valence-corrected chi connectivity index (χ1v) is 7.14. The number of nitrogens with two attached hydrogens (primary N) is 1. The van der Waals surface area contributed by atoms with Crippen LogP contribution in [0.5, 0.6) is 0 Å². The molecule has 0 atom stereocenters. The van der Waals surface area contributed by atoms with E-state index >= 15 is 0 Å². The van der Waals surface area contributed by atoms with E-state index in [1.54, 1.807) is 0 Å². The van der Waals surface area contributed by atoms with Gasteiger partial charge < -0.3 is 16.2 Å². The van der Waals surface area contributed by atoms with Crippen molar-refractivity contribution in [1.82, 2.24) is 5.32 Å². The number of allylic oxidation sites excluding steroid dienone is 6. The van der Waals surface area contributed by atoms with Crippen LogP contribution in [0, 0.1) is 0 Å². The molecule has 4 N–H and O–H groups in total. The molecule has 5 heteroatoms. The SMILES string of the molecule is NCCCNC(=O)CCC(O)=C1C=CC=C1.[Fe].c1cc[cH-]c1. The molecule has 0 bridgehead atoms. The smallest absolute Gasteiger partial charge is 0.220 e. The second-order valence-electron chi connectivity index (χ2n) is 4.57. The fourth-order valence-corrected chi connectivity index (χ4v) is 1.68. The van der Waals surface area contributed by atoms with Gasteiger partial charge in [-0.05, 0) is 13.0 Å². The first-order valence-electron chi connectivity index (χ1n) is 7.14. The molecule has 0 fully saturated rings. The van der Waals surface area contributed by atoms with E-state index in [-0.39, 0.29) is 28.7 Å². The molecule has 1 amide bonds. The molecule has 0 saturated heterocycles. The molecule has 22 heavy (non-hydrogen) atoms. The molecule has 0 heterocycles. The minimum Gasteiger partial charge on any atom is -0.512 e. The first-order chi connectivity index (χ1) is 10.2. The predicted octanol–water partition coefficient (Wildman–Crippen LogP) is 2.57. The predicted molar refractivity (Wildman–Crippen MR) is 85.9 cm³/mol. The van der Waals surface area contributed by atoms with Crippen LogP contribution in [-0.2, 0) is 21.9 Å². The summed E-state index contributed by atoms with van der Waals surface area (Å²) in [6.45, 7) is 1.18. The van der Waals surface area contributed by atoms with Gasteiger partial charge in [-0.15, -0.1) is 0 Å². The third-order valence-corrected chi connectivity index (χ3v) is 2.84. The maximum atomic E-state index is 11.3. The number of rotatable bonds is 6. The summed E-state index contributed by atoms with van der Waals surface area (Å²) in [5.74, 6) is 0.213. The van der Waals surface area contributed by atoms with Gasteiger partial charge in [0.05, 0.1) is 5.76 Å². The Labute approximate surface area is 142 Å². The van der Waals surface area contributed by atoms with E-state index in [9.17, 15) is 9.90 Å². The van der Waals surface area contributed by atoms with Gasteiger partial charge in [0.25, 0.3) is 0 Å². The summed E-state index contributed by atoms with van der Waals surface area (Å²) < 4.78 is 0. The number of hydrogen-bond donors (Lipinski definition) is 3. The monoisotopic (exact) mass is 343 g/mol. The molecule has 0 aromatic heterocycles. The molecule has 0 saturated carbocycles. The maximum Gasteiger partial charge on any atom is 0.220 e. The van der Waals surface area contributed by atoms with Crippen LogP contribution in [0.4, 0.5) is 0 Å². The summed E-state index contributed by atoms with van der Waals surface area (Å²) in [5.41, 5.74) is 6.09. The van der Waals surface area contributed by atoms with E-state index in [1.165, 1.54) is 0 Å². The average molecular weight is 343 g/mol. The largest absolute Gasteiger partial charge is 0.512 e. The van der Waals surface area contributed by atoms with Gasteiger partial charge in [-0.1, -0.05) is 24.3 Å². The number of aliphatic hydroxyl groups is 1. The Kier molecular flexibility index (Phi) is 12.0. The maximum absolute atomic E-state index is 11.3. The molecule has 1 aromatic rings. The second kappa shape index (κ2) is 13.0. The van der Waals surface area contributed by atoms with Crippen molar-refractivity contribution in [1.29, 1.82) is 0 Å². The molecular formula is C17H23FeN2O2-. The number of amides is 1. The Morgan fingerprint density at radius 3 is 2.32 bits per heavy atom. The molecule has 1 aromatic carbocycles. The van der Waals surface area contributed by atoms with Crippen molar-refractivity contribution in [3.63, 3.8) is 0 Å². The van der Waals surface area contributed by atoms with Gasteiger partial charge in [0.2, 0.25) is 5.91 Å². The fourth-order valence-electron chi connectivity index (χ4n) is 1.68. The normalized spacial score (nSPS) is 11.4. The van der Waals surface area contributed by atoms with Crippen LogP contribution in [0.2, 0.25) is 0 Å². The van der Waals surface area contributed by atoms with Gasteiger partial charge in [-0.25, -0.2) is 12.1 Å². The zero-order chi connectivity index (χ0) is 15.3. The van der Waals surface area contributed by atoms with Crippen molar-refractivity contribution in [3.8, 4) is 0 Å². The zero-order valence-corrected chi connectivity index (χ0v) is 13.6. The van der Waals surface area contributed by atoms with Gasteiger partial charge >= 0.3 is 0 Å². The average Bonchev–Trinajstić information content (AvgIpc) is 3.19. The van der Waals surface area contributed by atoms with Crippen molar-refractivity contribution in [2.24, 2.45) is 5.73 Å². The van der Waals surface area contributed by atoms with E-state index in [0.717, 1.165) is 12.0 Å². The van der Waals surface area contributed by atoms with Crippen molar-refractivity contribution >= 4 is 5.91 Å². The minimum atomic E-state index is -0.0495. The van der Waals surface area contributed by atoms with E-state index in [1.807, 2.05) is 54.6 Å².